The molecule has 2 unspecified atom stereocenters. The largest absolute Gasteiger partial charge is 0.351 e. The van der Waals surface area contributed by atoms with E-state index in [4.69, 9.17) is 0 Å². The van der Waals surface area contributed by atoms with Gasteiger partial charge in [-0.1, -0.05) is 20.8 Å². The van der Waals surface area contributed by atoms with E-state index in [1.165, 1.54) is 12.1 Å². The molecule has 1 aliphatic heterocycles. The van der Waals surface area contributed by atoms with Gasteiger partial charge in [-0.15, -0.1) is 0 Å². The average Bonchev–Trinajstić information content (AvgIpc) is 2.94. The molecule has 2 bridgehead atoms. The lowest BCUT2D eigenvalue weighted by atomic mass is 9.65. The van der Waals surface area contributed by atoms with Gasteiger partial charge in [0.1, 0.15) is 11.5 Å². The molecular formula is C19H23FN2O. The minimum Gasteiger partial charge on any atom is -0.351 e. The number of carbonyl (C=O) groups is 1. The van der Waals surface area contributed by atoms with Gasteiger partial charge in [-0.05, 0) is 54.4 Å². The van der Waals surface area contributed by atoms with Crippen molar-refractivity contribution in [3.63, 3.8) is 0 Å². The number of halogens is 1. The first-order chi connectivity index (χ1) is 10.7. The number of benzene rings is 1. The Morgan fingerprint density at radius 2 is 2.04 bits per heavy atom. The molecule has 1 N–H and O–H groups in total. The predicted octanol–water partition coefficient (Wildman–Crippen LogP) is 4.35. The number of carbonyl (C=O) groups excluding carboxylic acids is 1. The summed E-state index contributed by atoms with van der Waals surface area (Å²) in [5, 5.41) is 0.752. The molecule has 2 aliphatic rings. The Bertz CT molecular complexity index is 794. The average molecular weight is 314 g/mol. The maximum absolute atomic E-state index is 13.4. The van der Waals surface area contributed by atoms with E-state index in [-0.39, 0.29) is 22.6 Å². The maximum atomic E-state index is 13.4. The molecule has 4 rings (SSSR count). The summed E-state index contributed by atoms with van der Waals surface area (Å²) in [5.41, 5.74) is 1.89. The van der Waals surface area contributed by atoms with Crippen LogP contribution in [0.2, 0.25) is 0 Å². The predicted molar refractivity (Wildman–Crippen MR) is 88.8 cm³/mol. The summed E-state index contributed by atoms with van der Waals surface area (Å²) < 4.78 is 13.4. The molecule has 122 valence electrons. The zero-order valence-corrected chi connectivity index (χ0v) is 13.9. The van der Waals surface area contributed by atoms with Crippen molar-refractivity contribution in [1.82, 2.24) is 9.88 Å². The van der Waals surface area contributed by atoms with E-state index in [1.54, 1.807) is 12.1 Å². The molecule has 1 amide bonds. The van der Waals surface area contributed by atoms with Gasteiger partial charge in [-0.2, -0.15) is 0 Å². The molecule has 2 aromatic rings. The Balaban J connectivity index is 1.66. The fourth-order valence-electron chi connectivity index (χ4n) is 5.07. The van der Waals surface area contributed by atoms with Crippen LogP contribution >= 0.6 is 0 Å². The molecule has 1 aromatic heterocycles. The Hall–Kier alpha value is -1.84. The van der Waals surface area contributed by atoms with Crippen molar-refractivity contribution in [3.8, 4) is 0 Å². The van der Waals surface area contributed by atoms with Crippen molar-refractivity contribution in [3.05, 3.63) is 35.8 Å². The van der Waals surface area contributed by atoms with Crippen LogP contribution in [0.3, 0.4) is 0 Å². The molecule has 0 radical (unpaired) electrons. The lowest BCUT2D eigenvalue weighted by molar-refractivity contribution is 0.0703. The third-order valence-electron chi connectivity index (χ3n) is 5.49. The van der Waals surface area contributed by atoms with Crippen molar-refractivity contribution in [2.24, 2.45) is 10.8 Å². The second-order valence-electron chi connectivity index (χ2n) is 8.56. The number of fused-ring (bicyclic) bond motifs is 3. The van der Waals surface area contributed by atoms with Crippen LogP contribution in [0.4, 0.5) is 4.39 Å². The number of amides is 1. The minimum atomic E-state index is -0.276. The van der Waals surface area contributed by atoms with Gasteiger partial charge in [0.25, 0.3) is 5.91 Å². The molecule has 0 spiro atoms. The molecule has 1 saturated carbocycles. The van der Waals surface area contributed by atoms with Gasteiger partial charge in [-0.25, -0.2) is 4.39 Å². The number of likely N-dealkylation sites (tertiary alicyclic amines) is 1. The van der Waals surface area contributed by atoms with Gasteiger partial charge >= 0.3 is 0 Å². The summed E-state index contributed by atoms with van der Waals surface area (Å²) in [6.07, 6.45) is 3.32. The van der Waals surface area contributed by atoms with Crippen LogP contribution in [0.1, 0.15) is 50.5 Å². The third kappa shape index (κ3) is 2.44. The number of aromatic nitrogens is 1. The van der Waals surface area contributed by atoms with Crippen LogP contribution in [0.5, 0.6) is 0 Å². The summed E-state index contributed by atoms with van der Waals surface area (Å²) in [7, 11) is 0. The summed E-state index contributed by atoms with van der Waals surface area (Å²) in [5.74, 6) is -0.227. The lowest BCUT2D eigenvalue weighted by Gasteiger charge is -2.39. The van der Waals surface area contributed by atoms with Gasteiger partial charge in [0, 0.05) is 23.5 Å². The van der Waals surface area contributed by atoms with Crippen molar-refractivity contribution >= 4 is 16.8 Å². The molecule has 2 heterocycles. The van der Waals surface area contributed by atoms with Gasteiger partial charge in [0.2, 0.25) is 0 Å². The highest BCUT2D eigenvalue weighted by Gasteiger charge is 2.51. The second-order valence-corrected chi connectivity index (χ2v) is 8.56. The highest BCUT2D eigenvalue weighted by atomic mass is 19.1. The summed E-state index contributed by atoms with van der Waals surface area (Å²) >= 11 is 0. The number of nitrogens with zero attached hydrogens (tertiary/aromatic N) is 1. The summed E-state index contributed by atoms with van der Waals surface area (Å²) in [6, 6.07) is 6.67. The Kier molecular flexibility index (Phi) is 2.94. The van der Waals surface area contributed by atoms with Crippen LogP contribution in [0.25, 0.3) is 10.9 Å². The van der Waals surface area contributed by atoms with E-state index in [1.807, 2.05) is 4.90 Å². The van der Waals surface area contributed by atoms with E-state index in [0.717, 1.165) is 36.7 Å². The van der Waals surface area contributed by atoms with E-state index in [0.29, 0.717) is 11.7 Å². The van der Waals surface area contributed by atoms with E-state index in [2.05, 4.69) is 25.8 Å². The van der Waals surface area contributed by atoms with E-state index < -0.39 is 0 Å². The number of rotatable bonds is 1. The van der Waals surface area contributed by atoms with Crippen molar-refractivity contribution < 1.29 is 9.18 Å². The first-order valence-corrected chi connectivity index (χ1v) is 8.34. The Morgan fingerprint density at radius 3 is 2.83 bits per heavy atom. The number of nitrogens with one attached hydrogen (secondary N) is 1. The molecule has 23 heavy (non-hydrogen) atoms. The number of hydrogen-bond donors (Lipinski definition) is 1. The molecular weight excluding hydrogens is 291 g/mol. The highest BCUT2D eigenvalue weighted by molar-refractivity contribution is 5.98. The van der Waals surface area contributed by atoms with Crippen molar-refractivity contribution in [2.45, 2.75) is 46.1 Å². The Morgan fingerprint density at radius 1 is 1.26 bits per heavy atom. The Labute approximate surface area is 135 Å². The van der Waals surface area contributed by atoms with E-state index >= 15 is 0 Å². The smallest absolute Gasteiger partial charge is 0.270 e. The van der Waals surface area contributed by atoms with Gasteiger partial charge in [0.05, 0.1) is 0 Å². The molecule has 2 fully saturated rings. The fourth-order valence-corrected chi connectivity index (χ4v) is 5.07. The van der Waals surface area contributed by atoms with Crippen LogP contribution < -0.4 is 0 Å². The summed E-state index contributed by atoms with van der Waals surface area (Å²) in [4.78, 5) is 18.2. The zero-order valence-electron chi connectivity index (χ0n) is 13.9. The van der Waals surface area contributed by atoms with Gasteiger partial charge < -0.3 is 9.88 Å². The molecule has 1 aromatic carbocycles. The number of H-pyrrole nitrogens is 1. The molecule has 1 aliphatic carbocycles. The normalized spacial score (nSPS) is 29.2. The SMILES string of the molecule is CC1(C)CC2CC(C)(CN2C(=O)c2cc3cc(F)ccc3[nH]2)C1. The highest BCUT2D eigenvalue weighted by Crippen LogP contribution is 2.52. The van der Waals surface area contributed by atoms with Crippen molar-refractivity contribution in [2.75, 3.05) is 6.54 Å². The second kappa shape index (κ2) is 4.59. The first kappa shape index (κ1) is 14.7. The van der Waals surface area contributed by atoms with Crippen LogP contribution in [0.15, 0.2) is 24.3 Å². The standard InChI is InChI=1S/C19H23FN2O/c1-18(2)8-14-9-19(3,10-18)11-22(14)17(23)16-7-12-6-13(20)4-5-15(12)21-16/h4-7,14,21H,8-11H2,1-3H3. The summed E-state index contributed by atoms with van der Waals surface area (Å²) in [6.45, 7) is 7.73. The minimum absolute atomic E-state index is 0.0491. The quantitative estimate of drug-likeness (QED) is 0.834. The number of aromatic amines is 1. The van der Waals surface area contributed by atoms with Gasteiger partial charge in [0.15, 0.2) is 0 Å². The van der Waals surface area contributed by atoms with Gasteiger partial charge in [-0.3, -0.25) is 4.79 Å². The monoisotopic (exact) mass is 314 g/mol. The van der Waals surface area contributed by atoms with Crippen LogP contribution in [-0.4, -0.2) is 28.4 Å². The van der Waals surface area contributed by atoms with Crippen LogP contribution in [0, 0.1) is 16.6 Å². The van der Waals surface area contributed by atoms with Crippen molar-refractivity contribution in [1.29, 1.82) is 0 Å². The maximum Gasteiger partial charge on any atom is 0.270 e. The van der Waals surface area contributed by atoms with Crippen LogP contribution in [-0.2, 0) is 0 Å². The molecule has 1 saturated heterocycles. The molecule has 3 nitrogen and oxygen atoms in total. The molecule has 4 heteroatoms. The lowest BCUT2D eigenvalue weighted by Crippen LogP contribution is -2.37. The molecule has 2 atom stereocenters. The third-order valence-corrected chi connectivity index (χ3v) is 5.49. The topological polar surface area (TPSA) is 36.1 Å². The zero-order chi connectivity index (χ0) is 16.4. The number of hydrogen-bond acceptors (Lipinski definition) is 1. The fraction of sp³-hybridized carbons (Fsp3) is 0.526. The first-order valence-electron chi connectivity index (χ1n) is 8.34. The van der Waals surface area contributed by atoms with E-state index in [9.17, 15) is 9.18 Å².